The van der Waals surface area contributed by atoms with Gasteiger partial charge in [0.05, 0.1) is 0 Å². The topological polar surface area (TPSA) is 26.0 Å². The summed E-state index contributed by atoms with van der Waals surface area (Å²) in [6.45, 7) is 3.70. The molecule has 1 atom stereocenters. The molecule has 0 amide bonds. The molecule has 4 heteroatoms. The zero-order valence-corrected chi connectivity index (χ0v) is 11.9. The Balaban J connectivity index is 2.24. The summed E-state index contributed by atoms with van der Waals surface area (Å²) in [5.41, 5.74) is 6.39. The number of hydrogen-bond donors (Lipinski definition) is 1. The van der Waals surface area contributed by atoms with E-state index in [9.17, 15) is 8.78 Å². The molecular formula is C15H17F2NS. The van der Waals surface area contributed by atoms with E-state index in [1.807, 2.05) is 12.1 Å². The highest BCUT2D eigenvalue weighted by atomic mass is 32.1. The van der Waals surface area contributed by atoms with Crippen molar-refractivity contribution in [1.29, 1.82) is 0 Å². The lowest BCUT2D eigenvalue weighted by molar-refractivity contribution is 0.521. The molecule has 1 nitrogen and oxygen atoms in total. The molecule has 0 saturated carbocycles. The predicted molar refractivity (Wildman–Crippen MR) is 75.4 cm³/mol. The summed E-state index contributed by atoms with van der Waals surface area (Å²) in [7, 11) is 0. The number of aryl methyl sites for hydroxylation is 2. The van der Waals surface area contributed by atoms with Crippen molar-refractivity contribution < 1.29 is 8.78 Å². The van der Waals surface area contributed by atoms with E-state index in [1.54, 1.807) is 18.3 Å². The van der Waals surface area contributed by atoms with Gasteiger partial charge in [0, 0.05) is 27.8 Å². The Hall–Kier alpha value is -1.26. The Kier molecular flexibility index (Phi) is 4.32. The molecule has 0 aliphatic carbocycles. The molecule has 1 unspecified atom stereocenters. The van der Waals surface area contributed by atoms with Gasteiger partial charge < -0.3 is 5.73 Å². The third-order valence-electron chi connectivity index (χ3n) is 3.18. The molecule has 1 aromatic heterocycles. The van der Waals surface area contributed by atoms with Crippen molar-refractivity contribution in [2.24, 2.45) is 5.73 Å². The maximum Gasteiger partial charge on any atom is 0.133 e. The standard InChI is InChI=1S/C15H17F2NS/c1-3-10-5-6-11(19-10)8-13(18)14-12(16)7-4-9(2)15(14)17/h4-7,13H,3,8,18H2,1-2H3. The predicted octanol–water partition coefficient (Wildman–Crippen LogP) is 4.14. The van der Waals surface area contributed by atoms with Crippen molar-refractivity contribution in [3.8, 4) is 0 Å². The number of thiophene rings is 1. The fourth-order valence-corrected chi connectivity index (χ4v) is 3.08. The molecule has 1 heterocycles. The monoisotopic (exact) mass is 281 g/mol. The average Bonchev–Trinajstić information content (AvgIpc) is 2.82. The van der Waals surface area contributed by atoms with E-state index in [0.717, 1.165) is 11.3 Å². The smallest absolute Gasteiger partial charge is 0.133 e. The van der Waals surface area contributed by atoms with Gasteiger partial charge in [-0.3, -0.25) is 0 Å². The van der Waals surface area contributed by atoms with Crippen LogP contribution in [0.5, 0.6) is 0 Å². The van der Waals surface area contributed by atoms with Crippen molar-refractivity contribution >= 4 is 11.3 Å². The molecule has 2 aromatic rings. The summed E-state index contributed by atoms with van der Waals surface area (Å²) in [5, 5.41) is 0. The Labute approximate surface area is 116 Å². The van der Waals surface area contributed by atoms with Crippen molar-refractivity contribution in [2.45, 2.75) is 32.7 Å². The second kappa shape index (κ2) is 5.80. The van der Waals surface area contributed by atoms with Gasteiger partial charge in [-0.15, -0.1) is 11.3 Å². The van der Waals surface area contributed by atoms with Crippen LogP contribution in [0.1, 0.15) is 33.8 Å². The van der Waals surface area contributed by atoms with E-state index < -0.39 is 17.7 Å². The number of nitrogens with two attached hydrogens (primary N) is 1. The van der Waals surface area contributed by atoms with Crippen molar-refractivity contribution in [1.82, 2.24) is 0 Å². The van der Waals surface area contributed by atoms with Gasteiger partial charge in [0.1, 0.15) is 11.6 Å². The first-order valence-corrected chi connectivity index (χ1v) is 7.12. The first-order valence-electron chi connectivity index (χ1n) is 6.30. The fourth-order valence-electron chi connectivity index (χ4n) is 2.06. The molecule has 102 valence electrons. The summed E-state index contributed by atoms with van der Waals surface area (Å²) in [4.78, 5) is 2.32. The SMILES string of the molecule is CCc1ccc(CC(N)c2c(F)ccc(C)c2F)s1. The Morgan fingerprint density at radius 1 is 1.16 bits per heavy atom. The number of hydrogen-bond acceptors (Lipinski definition) is 2. The van der Waals surface area contributed by atoms with E-state index >= 15 is 0 Å². The van der Waals surface area contributed by atoms with Gasteiger partial charge in [0.25, 0.3) is 0 Å². The highest BCUT2D eigenvalue weighted by molar-refractivity contribution is 7.11. The van der Waals surface area contributed by atoms with Crippen molar-refractivity contribution in [2.75, 3.05) is 0 Å². The van der Waals surface area contributed by atoms with E-state index in [1.165, 1.54) is 17.0 Å². The number of benzene rings is 1. The van der Waals surface area contributed by atoms with Gasteiger partial charge in [-0.25, -0.2) is 8.78 Å². The van der Waals surface area contributed by atoms with Gasteiger partial charge in [0.2, 0.25) is 0 Å². The fraction of sp³-hybridized carbons (Fsp3) is 0.333. The Morgan fingerprint density at radius 2 is 1.84 bits per heavy atom. The van der Waals surface area contributed by atoms with Crippen LogP contribution in [0.4, 0.5) is 8.78 Å². The van der Waals surface area contributed by atoms with Crippen LogP contribution in [0, 0.1) is 18.6 Å². The molecule has 0 bridgehead atoms. The van der Waals surface area contributed by atoms with Crippen LogP contribution in [0.3, 0.4) is 0 Å². The maximum atomic E-state index is 14.0. The molecule has 19 heavy (non-hydrogen) atoms. The zero-order chi connectivity index (χ0) is 14.0. The lowest BCUT2D eigenvalue weighted by Crippen LogP contribution is -2.17. The molecule has 0 fully saturated rings. The van der Waals surface area contributed by atoms with E-state index in [-0.39, 0.29) is 5.56 Å². The highest BCUT2D eigenvalue weighted by Gasteiger charge is 2.19. The summed E-state index contributed by atoms with van der Waals surface area (Å²) >= 11 is 1.65. The molecular weight excluding hydrogens is 264 g/mol. The van der Waals surface area contributed by atoms with Crippen LogP contribution in [-0.4, -0.2) is 0 Å². The second-order valence-electron chi connectivity index (χ2n) is 4.62. The zero-order valence-electron chi connectivity index (χ0n) is 11.0. The van der Waals surface area contributed by atoms with Gasteiger partial charge in [0.15, 0.2) is 0 Å². The minimum absolute atomic E-state index is 0.00792. The minimum atomic E-state index is -0.650. The van der Waals surface area contributed by atoms with Crippen molar-refractivity contribution in [3.63, 3.8) is 0 Å². The molecule has 1 aromatic carbocycles. The molecule has 2 N–H and O–H groups in total. The molecule has 0 spiro atoms. The summed E-state index contributed by atoms with van der Waals surface area (Å²) in [6, 6.07) is 6.08. The van der Waals surface area contributed by atoms with Crippen LogP contribution in [0.2, 0.25) is 0 Å². The number of halogens is 2. The molecule has 0 saturated heterocycles. The summed E-state index contributed by atoms with van der Waals surface area (Å²) in [5.74, 6) is -1.09. The molecule has 0 radical (unpaired) electrons. The van der Waals surface area contributed by atoms with Crippen LogP contribution >= 0.6 is 11.3 Å². The summed E-state index contributed by atoms with van der Waals surface area (Å²) < 4.78 is 27.7. The minimum Gasteiger partial charge on any atom is -0.323 e. The van der Waals surface area contributed by atoms with Crippen LogP contribution < -0.4 is 5.73 Å². The van der Waals surface area contributed by atoms with Crippen LogP contribution in [0.15, 0.2) is 24.3 Å². The molecule has 0 aliphatic rings. The lowest BCUT2D eigenvalue weighted by atomic mass is 10.00. The third-order valence-corrected chi connectivity index (χ3v) is 4.43. The maximum absolute atomic E-state index is 14.0. The Bertz CT molecular complexity index is 578. The van der Waals surface area contributed by atoms with Crippen LogP contribution in [-0.2, 0) is 12.8 Å². The second-order valence-corrected chi connectivity index (χ2v) is 5.88. The van der Waals surface area contributed by atoms with Gasteiger partial charge in [-0.2, -0.15) is 0 Å². The summed E-state index contributed by atoms with van der Waals surface area (Å²) in [6.07, 6.45) is 1.43. The quantitative estimate of drug-likeness (QED) is 0.895. The van der Waals surface area contributed by atoms with E-state index in [4.69, 9.17) is 5.73 Å². The Morgan fingerprint density at radius 3 is 2.47 bits per heavy atom. The first kappa shape index (κ1) is 14.2. The number of rotatable bonds is 4. The van der Waals surface area contributed by atoms with E-state index in [2.05, 4.69) is 6.92 Å². The first-order chi connectivity index (χ1) is 9.02. The van der Waals surface area contributed by atoms with Gasteiger partial charge in [-0.1, -0.05) is 13.0 Å². The van der Waals surface area contributed by atoms with Gasteiger partial charge in [-0.05, 0) is 37.1 Å². The highest BCUT2D eigenvalue weighted by Crippen LogP contribution is 2.27. The normalized spacial score (nSPS) is 12.7. The molecule has 0 aliphatic heterocycles. The van der Waals surface area contributed by atoms with E-state index in [0.29, 0.717) is 12.0 Å². The molecule has 2 rings (SSSR count). The van der Waals surface area contributed by atoms with Gasteiger partial charge >= 0.3 is 0 Å². The van der Waals surface area contributed by atoms with Crippen LogP contribution in [0.25, 0.3) is 0 Å². The largest absolute Gasteiger partial charge is 0.323 e. The van der Waals surface area contributed by atoms with Crippen molar-refractivity contribution in [3.05, 3.63) is 56.8 Å². The lowest BCUT2D eigenvalue weighted by Gasteiger charge is -2.14. The third kappa shape index (κ3) is 3.01. The average molecular weight is 281 g/mol.